The van der Waals surface area contributed by atoms with Crippen LogP contribution in [0.15, 0.2) is 42.5 Å². The molecule has 0 radical (unpaired) electrons. The monoisotopic (exact) mass is 614 g/mol. The molecule has 5 atom stereocenters. The molecule has 1 heterocycles. The summed E-state index contributed by atoms with van der Waals surface area (Å²) >= 11 is 0. The van der Waals surface area contributed by atoms with E-state index in [9.17, 15) is 19.5 Å². The van der Waals surface area contributed by atoms with Gasteiger partial charge in [0.2, 0.25) is 5.91 Å². The van der Waals surface area contributed by atoms with Crippen LogP contribution in [0.25, 0.3) is 11.1 Å². The number of hydroxylamine groups is 2. The molecule has 0 aromatic heterocycles. The Morgan fingerprint density at radius 3 is 2.43 bits per heavy atom. The number of aliphatic hydroxyl groups is 1. The number of carbonyl (C=O) groups excluding carboxylic acids is 2. The number of likely N-dealkylation sites (N-methyl/N-ethyl adjacent to an activating group) is 1. The maximum Gasteiger partial charge on any atom is 0.329 e. The molecule has 242 valence electrons. The highest BCUT2D eigenvalue weighted by Crippen LogP contribution is 2.37. The number of amides is 2. The van der Waals surface area contributed by atoms with Gasteiger partial charge in [0.25, 0.3) is 5.91 Å². The molecule has 0 saturated carbocycles. The fourth-order valence-electron chi connectivity index (χ4n) is 5.78. The predicted octanol–water partition coefficient (Wildman–Crippen LogP) is 2.14. The number of hydrogen-bond donors (Lipinski definition) is 4. The number of para-hydroxylation sites is 1. The molecular weight excluding hydrogens is 568 g/mol. The smallest absolute Gasteiger partial charge is 0.329 e. The van der Waals surface area contributed by atoms with Crippen molar-refractivity contribution in [3.8, 4) is 16.9 Å². The summed E-state index contributed by atoms with van der Waals surface area (Å²) in [5.41, 5.74) is 8.44. The predicted molar refractivity (Wildman–Crippen MR) is 165 cm³/mol. The highest BCUT2D eigenvalue weighted by molar-refractivity contribution is 5.96. The summed E-state index contributed by atoms with van der Waals surface area (Å²) < 4.78 is 11.1. The van der Waals surface area contributed by atoms with E-state index in [4.69, 9.17) is 25.2 Å². The first-order valence-corrected chi connectivity index (χ1v) is 14.7. The van der Waals surface area contributed by atoms with Crippen LogP contribution in [0.5, 0.6) is 5.75 Å². The lowest BCUT2D eigenvalue weighted by molar-refractivity contribution is -0.185. The lowest BCUT2D eigenvalue weighted by atomic mass is 9.89. The summed E-state index contributed by atoms with van der Waals surface area (Å²) in [6.07, 6.45) is -0.938. The van der Waals surface area contributed by atoms with E-state index in [1.54, 1.807) is 6.07 Å². The van der Waals surface area contributed by atoms with Crippen molar-refractivity contribution in [1.82, 2.24) is 15.3 Å². The van der Waals surface area contributed by atoms with Crippen LogP contribution in [0.1, 0.15) is 43.1 Å². The zero-order chi connectivity index (χ0) is 32.6. The van der Waals surface area contributed by atoms with Gasteiger partial charge in [0.1, 0.15) is 24.5 Å². The van der Waals surface area contributed by atoms with Gasteiger partial charge in [-0.15, -0.1) is 0 Å². The van der Waals surface area contributed by atoms with Crippen LogP contribution in [0.3, 0.4) is 0 Å². The standard InChI is InChI=1S/C32H46N4O8/c1-19(2)13-24(16-35(4)5)34-32(41)22-10-7-9-21(14-22)25-12-8-11-23(30(25)42-6)15-36-29(31(33)40)28(20(3)37)26(44-36)17-43-18-27(38)39/h7-12,14,19-20,24,26,28-29,37H,13,15-18H2,1-6H3,(H2,33,40)(H,34,41)(H,38,39)/t20-,24+,26-,28-,29-/m0/s1. The maximum atomic E-state index is 13.3. The number of hydrogen-bond acceptors (Lipinski definition) is 9. The zero-order valence-electron chi connectivity index (χ0n) is 26.4. The Hall–Kier alpha value is -3.55. The van der Waals surface area contributed by atoms with Gasteiger partial charge in [-0.2, -0.15) is 5.06 Å². The highest BCUT2D eigenvalue weighted by Gasteiger charge is 2.49. The summed E-state index contributed by atoms with van der Waals surface area (Å²) in [5, 5.41) is 24.0. The first kappa shape index (κ1) is 34.9. The van der Waals surface area contributed by atoms with Gasteiger partial charge in [-0.1, -0.05) is 44.2 Å². The topological polar surface area (TPSA) is 164 Å². The van der Waals surface area contributed by atoms with Crippen LogP contribution in [0, 0.1) is 11.8 Å². The van der Waals surface area contributed by atoms with Crippen molar-refractivity contribution >= 4 is 17.8 Å². The van der Waals surface area contributed by atoms with Gasteiger partial charge in [-0.05, 0) is 51.1 Å². The molecule has 2 aromatic rings. The second-order valence-electron chi connectivity index (χ2n) is 11.9. The third-order valence-electron chi connectivity index (χ3n) is 7.47. The number of benzene rings is 2. The van der Waals surface area contributed by atoms with Gasteiger partial charge in [0.15, 0.2) is 0 Å². The first-order valence-electron chi connectivity index (χ1n) is 14.7. The van der Waals surface area contributed by atoms with Crippen molar-refractivity contribution in [3.05, 3.63) is 53.6 Å². The number of carboxylic acids is 1. The molecule has 2 amide bonds. The second-order valence-corrected chi connectivity index (χ2v) is 11.9. The third kappa shape index (κ3) is 9.23. The van der Waals surface area contributed by atoms with Gasteiger partial charge < -0.3 is 35.6 Å². The molecule has 1 saturated heterocycles. The Morgan fingerprint density at radius 2 is 1.84 bits per heavy atom. The summed E-state index contributed by atoms with van der Waals surface area (Å²) in [6, 6.07) is 11.8. The number of nitrogens with one attached hydrogen (secondary N) is 1. The van der Waals surface area contributed by atoms with Gasteiger partial charge >= 0.3 is 5.97 Å². The van der Waals surface area contributed by atoms with Crippen LogP contribution in [-0.2, 0) is 25.7 Å². The van der Waals surface area contributed by atoms with E-state index in [-0.39, 0.29) is 25.1 Å². The quantitative estimate of drug-likeness (QED) is 0.220. The number of rotatable bonds is 16. The fourth-order valence-corrected chi connectivity index (χ4v) is 5.78. The summed E-state index contributed by atoms with van der Waals surface area (Å²) in [7, 11) is 5.50. The Kier molecular flexibility index (Phi) is 12.7. The number of aliphatic carboxylic acids is 1. The van der Waals surface area contributed by atoms with Crippen LogP contribution >= 0.6 is 0 Å². The Labute approximate surface area is 259 Å². The van der Waals surface area contributed by atoms with Crippen molar-refractivity contribution in [1.29, 1.82) is 0 Å². The molecule has 44 heavy (non-hydrogen) atoms. The second kappa shape index (κ2) is 16.0. The molecule has 1 fully saturated rings. The SMILES string of the molecule is COc1c(CN2O[C@@H](COCC(=O)O)[C@H]([C@H](C)O)[C@H]2C(N)=O)cccc1-c1cccc(C(=O)N[C@H](CC(C)C)CN(C)C)c1. The maximum absolute atomic E-state index is 13.3. The number of nitrogens with two attached hydrogens (primary N) is 1. The van der Waals surface area contributed by atoms with E-state index in [0.717, 1.165) is 24.1 Å². The Morgan fingerprint density at radius 1 is 1.14 bits per heavy atom. The van der Waals surface area contributed by atoms with Crippen molar-refractivity contribution < 1.29 is 38.9 Å². The van der Waals surface area contributed by atoms with E-state index in [0.29, 0.717) is 22.8 Å². The third-order valence-corrected chi connectivity index (χ3v) is 7.47. The van der Waals surface area contributed by atoms with Crippen LogP contribution in [-0.4, -0.2) is 103 Å². The van der Waals surface area contributed by atoms with Gasteiger partial charge in [-0.25, -0.2) is 4.79 Å². The molecular formula is C32H46N4O8. The average Bonchev–Trinajstić information content (AvgIpc) is 3.30. The minimum Gasteiger partial charge on any atom is -0.496 e. The fraction of sp³-hybridized carbons (Fsp3) is 0.531. The first-order chi connectivity index (χ1) is 20.8. The van der Waals surface area contributed by atoms with Crippen molar-refractivity contribution in [2.45, 2.75) is 58.0 Å². The average molecular weight is 615 g/mol. The molecule has 0 bridgehead atoms. The number of nitrogens with zero attached hydrogens (tertiary/aromatic N) is 2. The molecule has 3 rings (SSSR count). The number of primary amides is 1. The number of methoxy groups -OCH3 is 1. The number of carbonyl (C=O) groups is 3. The Bertz CT molecular complexity index is 1270. The summed E-state index contributed by atoms with van der Waals surface area (Å²) in [5.74, 6) is -1.82. The van der Waals surface area contributed by atoms with E-state index in [1.165, 1.54) is 19.1 Å². The number of ether oxygens (including phenoxy) is 2. The molecule has 2 aromatic carbocycles. The van der Waals surface area contributed by atoms with E-state index in [1.807, 2.05) is 50.5 Å². The zero-order valence-corrected chi connectivity index (χ0v) is 26.4. The largest absolute Gasteiger partial charge is 0.496 e. The molecule has 1 aliphatic rings. The van der Waals surface area contributed by atoms with Crippen molar-refractivity contribution in [2.75, 3.05) is 41.0 Å². The van der Waals surface area contributed by atoms with Crippen molar-refractivity contribution in [3.63, 3.8) is 0 Å². The highest BCUT2D eigenvalue weighted by atomic mass is 16.7. The van der Waals surface area contributed by atoms with Gasteiger partial charge in [0.05, 0.1) is 26.4 Å². The van der Waals surface area contributed by atoms with Crippen LogP contribution < -0.4 is 15.8 Å². The Balaban J connectivity index is 1.89. The van der Waals surface area contributed by atoms with E-state index < -0.39 is 42.7 Å². The van der Waals surface area contributed by atoms with E-state index >= 15 is 0 Å². The minimum atomic E-state index is -1.15. The summed E-state index contributed by atoms with van der Waals surface area (Å²) in [6.45, 7) is 5.89. The van der Waals surface area contributed by atoms with Crippen LogP contribution in [0.4, 0.5) is 0 Å². The number of aliphatic hydroxyl groups excluding tert-OH is 1. The molecule has 0 unspecified atom stereocenters. The molecule has 5 N–H and O–H groups in total. The lowest BCUT2D eigenvalue weighted by Gasteiger charge is -2.25. The molecule has 0 aliphatic carbocycles. The molecule has 12 heteroatoms. The minimum absolute atomic E-state index is 0.00139. The van der Waals surface area contributed by atoms with E-state index in [2.05, 4.69) is 24.1 Å². The normalized spacial score (nSPS) is 20.1. The molecule has 0 spiro atoms. The lowest BCUT2D eigenvalue weighted by Crippen LogP contribution is -2.47. The number of carboxylic acid groups (broad SMARTS) is 1. The summed E-state index contributed by atoms with van der Waals surface area (Å²) in [4.78, 5) is 44.9. The van der Waals surface area contributed by atoms with Crippen LogP contribution in [0.2, 0.25) is 0 Å². The van der Waals surface area contributed by atoms with Gasteiger partial charge in [0, 0.05) is 35.2 Å². The molecule has 1 aliphatic heterocycles. The van der Waals surface area contributed by atoms with Gasteiger partial charge in [-0.3, -0.25) is 14.4 Å². The van der Waals surface area contributed by atoms with Crippen molar-refractivity contribution in [2.24, 2.45) is 17.6 Å². The molecule has 12 nitrogen and oxygen atoms in total.